The maximum Gasteiger partial charge on any atom is 0.191 e. The molecule has 0 amide bonds. The number of rotatable bonds is 8. The zero-order chi connectivity index (χ0) is 20.5. The lowest BCUT2D eigenvalue weighted by Gasteiger charge is -2.35. The molecule has 0 aliphatic carbocycles. The van der Waals surface area contributed by atoms with Crippen LogP contribution in [-0.2, 0) is 11.2 Å². The van der Waals surface area contributed by atoms with Crippen LogP contribution in [0.3, 0.4) is 0 Å². The van der Waals surface area contributed by atoms with Gasteiger partial charge in [-0.2, -0.15) is 0 Å². The fourth-order valence-corrected chi connectivity index (χ4v) is 4.43. The van der Waals surface area contributed by atoms with Crippen LogP contribution in [-0.4, -0.2) is 57.3 Å². The van der Waals surface area contributed by atoms with E-state index < -0.39 is 0 Å². The number of aliphatic imine (C=N–C) groups is 1. The molecule has 5 nitrogen and oxygen atoms in total. The summed E-state index contributed by atoms with van der Waals surface area (Å²) in [7, 11) is 1.79. The van der Waals surface area contributed by atoms with Crippen molar-refractivity contribution in [3.63, 3.8) is 0 Å². The van der Waals surface area contributed by atoms with Gasteiger partial charge < -0.3 is 15.4 Å². The molecule has 3 rings (SSSR count). The molecule has 1 saturated heterocycles. The molecule has 1 aliphatic heterocycles. The summed E-state index contributed by atoms with van der Waals surface area (Å²) < 4.78 is 18.9. The maximum atomic E-state index is 13.4. The van der Waals surface area contributed by atoms with Crippen molar-refractivity contribution in [1.29, 1.82) is 0 Å². The van der Waals surface area contributed by atoms with Gasteiger partial charge in [0.15, 0.2) is 5.96 Å². The Hall–Kier alpha value is -1.96. The Balaban J connectivity index is 1.55. The molecule has 0 spiro atoms. The van der Waals surface area contributed by atoms with E-state index in [1.165, 1.54) is 17.0 Å². The molecule has 2 aromatic rings. The molecule has 1 aromatic heterocycles. The Morgan fingerprint density at radius 3 is 2.55 bits per heavy atom. The minimum Gasteiger partial charge on any atom is -0.379 e. The minimum absolute atomic E-state index is 0.140. The Morgan fingerprint density at radius 2 is 1.90 bits per heavy atom. The Kier molecular flexibility index (Phi) is 8.46. The normalized spacial score (nSPS) is 17.7. The molecule has 1 aromatic carbocycles. The van der Waals surface area contributed by atoms with Gasteiger partial charge >= 0.3 is 0 Å². The van der Waals surface area contributed by atoms with E-state index >= 15 is 0 Å². The number of benzene rings is 1. The highest BCUT2D eigenvalue weighted by Gasteiger charge is 2.23. The number of ether oxygens (including phenoxy) is 1. The van der Waals surface area contributed by atoms with Gasteiger partial charge in [0.05, 0.1) is 19.3 Å². The predicted molar refractivity (Wildman–Crippen MR) is 118 cm³/mol. The highest BCUT2D eigenvalue weighted by atomic mass is 32.1. The van der Waals surface area contributed by atoms with Gasteiger partial charge in [0.25, 0.3) is 0 Å². The van der Waals surface area contributed by atoms with Crippen molar-refractivity contribution in [3.05, 3.63) is 58.0 Å². The maximum absolute atomic E-state index is 13.4. The molecule has 1 fully saturated rings. The first-order valence-corrected chi connectivity index (χ1v) is 11.1. The molecule has 0 saturated carbocycles. The fraction of sp³-hybridized carbons (Fsp3) is 0.500. The zero-order valence-electron chi connectivity index (χ0n) is 17.2. The van der Waals surface area contributed by atoms with E-state index in [1.54, 1.807) is 18.4 Å². The first-order chi connectivity index (χ1) is 14.2. The largest absolute Gasteiger partial charge is 0.379 e. The summed E-state index contributed by atoms with van der Waals surface area (Å²) in [4.78, 5) is 8.17. The summed E-state index contributed by atoms with van der Waals surface area (Å²) in [6.07, 6.45) is 1.06. The molecular formula is C22H31FN4OS. The highest BCUT2D eigenvalue weighted by molar-refractivity contribution is 7.09. The van der Waals surface area contributed by atoms with E-state index in [-0.39, 0.29) is 11.9 Å². The number of halogens is 1. The average molecular weight is 419 g/mol. The standard InChI is InChI=1S/C22H31FN4OS/c1-17(14-20-4-3-13-29-20)15-25-22(24-2)26-16-21(27-9-11-28-12-10-27)18-5-7-19(23)8-6-18/h3-8,13,17,21H,9-12,14-16H2,1-2H3,(H2,24,25,26). The zero-order valence-corrected chi connectivity index (χ0v) is 18.1. The van der Waals surface area contributed by atoms with Crippen LogP contribution < -0.4 is 10.6 Å². The number of morpholine rings is 1. The molecule has 1 aliphatic rings. The monoisotopic (exact) mass is 418 g/mol. The van der Waals surface area contributed by atoms with E-state index in [0.29, 0.717) is 12.5 Å². The van der Waals surface area contributed by atoms with Gasteiger partial charge in [0.1, 0.15) is 5.82 Å². The summed E-state index contributed by atoms with van der Waals surface area (Å²) in [5.41, 5.74) is 1.10. The average Bonchev–Trinajstić information content (AvgIpc) is 3.25. The number of thiophene rings is 1. The fourth-order valence-electron chi connectivity index (χ4n) is 3.56. The molecule has 2 N–H and O–H groups in total. The summed E-state index contributed by atoms with van der Waals surface area (Å²) in [6, 6.07) is 11.2. The van der Waals surface area contributed by atoms with Crippen LogP contribution in [0.25, 0.3) is 0 Å². The van der Waals surface area contributed by atoms with Gasteiger partial charge in [0, 0.05) is 38.1 Å². The van der Waals surface area contributed by atoms with Gasteiger partial charge in [-0.25, -0.2) is 4.39 Å². The lowest BCUT2D eigenvalue weighted by Crippen LogP contribution is -2.47. The first-order valence-electron chi connectivity index (χ1n) is 10.2. The van der Waals surface area contributed by atoms with Gasteiger partial charge in [-0.3, -0.25) is 9.89 Å². The van der Waals surface area contributed by atoms with Gasteiger partial charge in [-0.05, 0) is 41.5 Å². The van der Waals surface area contributed by atoms with Crippen molar-refractivity contribution in [2.24, 2.45) is 10.9 Å². The number of hydrogen-bond donors (Lipinski definition) is 2. The molecule has 158 valence electrons. The quantitative estimate of drug-likeness (QED) is 0.510. The Morgan fingerprint density at radius 1 is 1.17 bits per heavy atom. The van der Waals surface area contributed by atoms with Gasteiger partial charge in [0.2, 0.25) is 0 Å². The van der Waals surface area contributed by atoms with Crippen LogP contribution in [0.5, 0.6) is 0 Å². The summed E-state index contributed by atoms with van der Waals surface area (Å²) in [5, 5.41) is 9.02. The molecule has 0 bridgehead atoms. The van der Waals surface area contributed by atoms with E-state index in [9.17, 15) is 4.39 Å². The lowest BCUT2D eigenvalue weighted by molar-refractivity contribution is 0.0170. The smallest absolute Gasteiger partial charge is 0.191 e. The third kappa shape index (κ3) is 6.80. The number of hydrogen-bond acceptors (Lipinski definition) is 4. The van der Waals surface area contributed by atoms with Crippen molar-refractivity contribution >= 4 is 17.3 Å². The van der Waals surface area contributed by atoms with Gasteiger partial charge in [-0.15, -0.1) is 11.3 Å². The van der Waals surface area contributed by atoms with Crippen molar-refractivity contribution in [3.8, 4) is 0 Å². The molecule has 2 atom stereocenters. The van der Waals surface area contributed by atoms with Gasteiger partial charge in [-0.1, -0.05) is 25.1 Å². The van der Waals surface area contributed by atoms with Crippen LogP contribution in [0.1, 0.15) is 23.4 Å². The summed E-state index contributed by atoms with van der Waals surface area (Å²) >= 11 is 1.80. The van der Waals surface area contributed by atoms with E-state index in [4.69, 9.17) is 4.74 Å². The second-order valence-electron chi connectivity index (χ2n) is 7.44. The molecule has 2 heterocycles. The third-order valence-electron chi connectivity index (χ3n) is 5.18. The Bertz CT molecular complexity index is 745. The third-order valence-corrected chi connectivity index (χ3v) is 6.07. The van der Waals surface area contributed by atoms with Crippen molar-refractivity contribution in [1.82, 2.24) is 15.5 Å². The second kappa shape index (κ2) is 11.3. The molecule has 29 heavy (non-hydrogen) atoms. The number of nitrogens with zero attached hydrogens (tertiary/aromatic N) is 2. The summed E-state index contributed by atoms with van der Waals surface area (Å²) in [5.74, 6) is 1.10. The molecule has 2 unspecified atom stereocenters. The number of nitrogens with one attached hydrogen (secondary N) is 2. The summed E-state index contributed by atoms with van der Waals surface area (Å²) in [6.45, 7) is 6.99. The lowest BCUT2D eigenvalue weighted by atomic mass is 10.0. The second-order valence-corrected chi connectivity index (χ2v) is 8.47. The van der Waals surface area contributed by atoms with E-state index in [0.717, 1.165) is 50.8 Å². The van der Waals surface area contributed by atoms with Crippen LogP contribution in [0.2, 0.25) is 0 Å². The van der Waals surface area contributed by atoms with E-state index in [2.05, 4.69) is 45.0 Å². The number of guanidine groups is 1. The van der Waals surface area contributed by atoms with Crippen molar-refractivity contribution < 1.29 is 9.13 Å². The van der Waals surface area contributed by atoms with Crippen LogP contribution >= 0.6 is 11.3 Å². The molecule has 0 radical (unpaired) electrons. The van der Waals surface area contributed by atoms with Crippen LogP contribution in [0, 0.1) is 11.7 Å². The molecule has 7 heteroatoms. The minimum atomic E-state index is -0.209. The SMILES string of the molecule is CN=C(NCC(C)Cc1cccs1)NCC(c1ccc(F)cc1)N1CCOCC1. The van der Waals surface area contributed by atoms with Crippen molar-refractivity contribution in [2.45, 2.75) is 19.4 Å². The Labute approximate surface area is 177 Å². The predicted octanol–water partition coefficient (Wildman–Crippen LogP) is 3.30. The highest BCUT2D eigenvalue weighted by Crippen LogP contribution is 2.21. The van der Waals surface area contributed by atoms with Crippen LogP contribution in [0.15, 0.2) is 46.8 Å². The van der Waals surface area contributed by atoms with Crippen molar-refractivity contribution in [2.75, 3.05) is 46.4 Å². The van der Waals surface area contributed by atoms with E-state index in [1.807, 2.05) is 12.1 Å². The van der Waals surface area contributed by atoms with Crippen LogP contribution in [0.4, 0.5) is 4.39 Å². The molecular weight excluding hydrogens is 387 g/mol. The topological polar surface area (TPSA) is 48.9 Å². The first kappa shape index (κ1) is 21.7.